The van der Waals surface area contributed by atoms with E-state index in [1.165, 1.54) is 0 Å². The number of rotatable bonds is 7. The number of benzene rings is 1. The normalized spacial score (nSPS) is 10.8. The zero-order valence-corrected chi connectivity index (χ0v) is 15.3. The Kier molecular flexibility index (Phi) is 6.33. The van der Waals surface area contributed by atoms with Gasteiger partial charge < -0.3 is 10.6 Å². The van der Waals surface area contributed by atoms with E-state index in [9.17, 15) is 9.59 Å². The van der Waals surface area contributed by atoms with Gasteiger partial charge in [-0.25, -0.2) is 0 Å². The maximum absolute atomic E-state index is 12.1. The highest BCUT2D eigenvalue weighted by Crippen LogP contribution is 2.11. The Morgan fingerprint density at radius 1 is 1.16 bits per heavy atom. The molecule has 0 bridgehead atoms. The number of nitrogens with zero attached hydrogens (tertiary/aromatic N) is 2. The van der Waals surface area contributed by atoms with Crippen molar-refractivity contribution in [2.75, 3.05) is 11.9 Å². The van der Waals surface area contributed by atoms with Gasteiger partial charge in [-0.15, -0.1) is 0 Å². The zero-order chi connectivity index (χ0) is 18.4. The van der Waals surface area contributed by atoms with Crippen molar-refractivity contribution in [3.8, 4) is 0 Å². The number of hydrogen-bond donors (Lipinski definition) is 2. The highest BCUT2D eigenvalue weighted by atomic mass is 16.2. The number of amides is 2. The fourth-order valence-corrected chi connectivity index (χ4v) is 2.43. The molecule has 2 N–H and O–H groups in total. The van der Waals surface area contributed by atoms with Crippen molar-refractivity contribution in [2.24, 2.45) is 5.92 Å². The van der Waals surface area contributed by atoms with E-state index in [1.807, 2.05) is 38.4 Å². The van der Waals surface area contributed by atoms with Crippen molar-refractivity contribution in [3.63, 3.8) is 0 Å². The van der Waals surface area contributed by atoms with Gasteiger partial charge in [0, 0.05) is 36.0 Å². The molecule has 1 aromatic carbocycles. The van der Waals surface area contributed by atoms with E-state index in [2.05, 4.69) is 15.7 Å². The van der Waals surface area contributed by atoms with Gasteiger partial charge >= 0.3 is 0 Å². The fraction of sp³-hybridized carbons (Fsp3) is 0.421. The third-order valence-corrected chi connectivity index (χ3v) is 3.87. The van der Waals surface area contributed by atoms with E-state index in [-0.39, 0.29) is 17.7 Å². The molecule has 2 aromatic rings. The predicted molar refractivity (Wildman–Crippen MR) is 98.6 cm³/mol. The molecular formula is C19H26N4O2. The first-order chi connectivity index (χ1) is 11.9. The molecule has 0 radical (unpaired) electrons. The Balaban J connectivity index is 1.78. The third kappa shape index (κ3) is 5.45. The third-order valence-electron chi connectivity index (χ3n) is 3.87. The number of aromatic nitrogens is 2. The van der Waals surface area contributed by atoms with Crippen LogP contribution in [0.2, 0.25) is 0 Å². The van der Waals surface area contributed by atoms with Crippen molar-refractivity contribution in [1.29, 1.82) is 0 Å². The molecule has 0 saturated carbocycles. The van der Waals surface area contributed by atoms with E-state index in [1.54, 1.807) is 24.3 Å². The van der Waals surface area contributed by atoms with Crippen molar-refractivity contribution in [1.82, 2.24) is 15.1 Å². The molecule has 0 fully saturated rings. The summed E-state index contributed by atoms with van der Waals surface area (Å²) < 4.78 is 1.95. The van der Waals surface area contributed by atoms with Crippen LogP contribution in [-0.4, -0.2) is 28.1 Å². The fourth-order valence-electron chi connectivity index (χ4n) is 2.43. The van der Waals surface area contributed by atoms with E-state index in [0.717, 1.165) is 24.4 Å². The van der Waals surface area contributed by atoms with Crippen LogP contribution in [0.4, 0.5) is 5.69 Å². The molecule has 2 rings (SSSR count). The van der Waals surface area contributed by atoms with Gasteiger partial charge in [-0.2, -0.15) is 5.10 Å². The van der Waals surface area contributed by atoms with Crippen molar-refractivity contribution < 1.29 is 9.59 Å². The van der Waals surface area contributed by atoms with Gasteiger partial charge in [-0.1, -0.05) is 13.8 Å². The van der Waals surface area contributed by atoms with Gasteiger partial charge in [-0.3, -0.25) is 14.3 Å². The smallest absolute Gasteiger partial charge is 0.251 e. The second-order valence-electron chi connectivity index (χ2n) is 6.48. The summed E-state index contributed by atoms with van der Waals surface area (Å²) >= 11 is 0. The summed E-state index contributed by atoms with van der Waals surface area (Å²) in [6, 6.07) is 8.95. The van der Waals surface area contributed by atoms with Crippen molar-refractivity contribution in [2.45, 2.75) is 40.7 Å². The lowest BCUT2D eigenvalue weighted by Gasteiger charge is -2.09. The van der Waals surface area contributed by atoms with Crippen LogP contribution in [0.3, 0.4) is 0 Å². The largest absolute Gasteiger partial charge is 0.352 e. The first kappa shape index (κ1) is 18.7. The number of hydrogen-bond acceptors (Lipinski definition) is 3. The monoisotopic (exact) mass is 342 g/mol. The standard InChI is InChI=1S/C19H26N4O2/c1-13(2)18(24)21-17-8-6-16(7-9-17)19(25)20-10-5-11-23-15(4)12-14(3)22-23/h6-9,12-13H,5,10-11H2,1-4H3,(H,20,25)(H,21,24). The van der Waals surface area contributed by atoms with Gasteiger partial charge in [-0.05, 0) is 50.6 Å². The highest BCUT2D eigenvalue weighted by Gasteiger charge is 2.09. The van der Waals surface area contributed by atoms with E-state index >= 15 is 0 Å². The minimum atomic E-state index is -0.116. The average Bonchev–Trinajstić information content (AvgIpc) is 2.89. The van der Waals surface area contributed by atoms with Crippen molar-refractivity contribution in [3.05, 3.63) is 47.3 Å². The van der Waals surface area contributed by atoms with Crippen LogP contribution in [0.15, 0.2) is 30.3 Å². The van der Waals surface area contributed by atoms with Crippen LogP contribution < -0.4 is 10.6 Å². The summed E-state index contributed by atoms with van der Waals surface area (Å²) in [4.78, 5) is 23.8. The predicted octanol–water partition coefficient (Wildman–Crippen LogP) is 2.91. The minimum absolute atomic E-state index is 0.0404. The molecule has 2 amide bonds. The number of nitrogens with one attached hydrogen (secondary N) is 2. The quantitative estimate of drug-likeness (QED) is 0.760. The summed E-state index contributed by atoms with van der Waals surface area (Å²) in [5.74, 6) is -0.235. The molecule has 1 aromatic heterocycles. The number of aryl methyl sites for hydroxylation is 3. The van der Waals surface area contributed by atoms with E-state index in [0.29, 0.717) is 17.8 Å². The van der Waals surface area contributed by atoms with E-state index in [4.69, 9.17) is 0 Å². The van der Waals surface area contributed by atoms with Gasteiger partial charge in [0.25, 0.3) is 5.91 Å². The average molecular weight is 342 g/mol. The SMILES string of the molecule is Cc1cc(C)n(CCCNC(=O)c2ccc(NC(=O)C(C)C)cc2)n1. The van der Waals surface area contributed by atoms with E-state index < -0.39 is 0 Å². The molecule has 6 heteroatoms. The Labute approximate surface area is 148 Å². The molecule has 0 unspecified atom stereocenters. The van der Waals surface area contributed by atoms with Gasteiger partial charge in [0.05, 0.1) is 5.69 Å². The first-order valence-electron chi connectivity index (χ1n) is 8.57. The van der Waals surface area contributed by atoms with Crippen molar-refractivity contribution >= 4 is 17.5 Å². The lowest BCUT2D eigenvalue weighted by atomic mass is 10.1. The number of carbonyl (C=O) groups excluding carboxylic acids is 2. The van der Waals surface area contributed by atoms with Gasteiger partial charge in [0.15, 0.2) is 0 Å². The van der Waals surface area contributed by atoms with Crippen LogP contribution in [0, 0.1) is 19.8 Å². The number of carbonyl (C=O) groups is 2. The summed E-state index contributed by atoms with van der Waals surface area (Å²) in [5.41, 5.74) is 3.41. The molecule has 0 aliphatic rings. The zero-order valence-electron chi connectivity index (χ0n) is 15.3. The second kappa shape index (κ2) is 8.46. The molecule has 0 aliphatic carbocycles. The molecule has 134 valence electrons. The van der Waals surface area contributed by atoms with Gasteiger partial charge in [0.2, 0.25) is 5.91 Å². The molecule has 0 spiro atoms. The molecule has 0 atom stereocenters. The molecular weight excluding hydrogens is 316 g/mol. The molecule has 6 nitrogen and oxygen atoms in total. The Hall–Kier alpha value is -2.63. The summed E-state index contributed by atoms with van der Waals surface area (Å²) in [5, 5.41) is 10.1. The van der Waals surface area contributed by atoms with Crippen LogP contribution in [0.1, 0.15) is 42.0 Å². The maximum Gasteiger partial charge on any atom is 0.251 e. The molecule has 0 saturated heterocycles. The Morgan fingerprint density at radius 3 is 2.40 bits per heavy atom. The Bertz CT molecular complexity index is 732. The molecule has 25 heavy (non-hydrogen) atoms. The summed E-state index contributed by atoms with van der Waals surface area (Å²) in [6.07, 6.45) is 0.816. The highest BCUT2D eigenvalue weighted by molar-refractivity contribution is 5.96. The van der Waals surface area contributed by atoms with Crippen LogP contribution >= 0.6 is 0 Å². The maximum atomic E-state index is 12.1. The van der Waals surface area contributed by atoms with Crippen LogP contribution in [0.25, 0.3) is 0 Å². The molecule has 0 aliphatic heterocycles. The lowest BCUT2D eigenvalue weighted by Crippen LogP contribution is -2.25. The lowest BCUT2D eigenvalue weighted by molar-refractivity contribution is -0.118. The summed E-state index contributed by atoms with van der Waals surface area (Å²) in [6.45, 7) is 9.03. The Morgan fingerprint density at radius 2 is 1.84 bits per heavy atom. The topological polar surface area (TPSA) is 76.0 Å². The first-order valence-corrected chi connectivity index (χ1v) is 8.57. The minimum Gasteiger partial charge on any atom is -0.352 e. The summed E-state index contributed by atoms with van der Waals surface area (Å²) in [7, 11) is 0. The second-order valence-corrected chi connectivity index (χ2v) is 6.48. The number of anilines is 1. The van der Waals surface area contributed by atoms with Crippen LogP contribution in [0.5, 0.6) is 0 Å². The molecule has 1 heterocycles. The van der Waals surface area contributed by atoms with Crippen LogP contribution in [-0.2, 0) is 11.3 Å². The van der Waals surface area contributed by atoms with Gasteiger partial charge in [0.1, 0.15) is 0 Å².